The Bertz CT molecular complexity index is 756. The molecule has 0 unspecified atom stereocenters. The molecular weight excluding hydrogens is 350 g/mol. The maximum atomic E-state index is 12.0. The van der Waals surface area contributed by atoms with Crippen LogP contribution in [0.4, 0.5) is 0 Å². The third-order valence-corrected chi connectivity index (χ3v) is 5.17. The molecule has 1 saturated heterocycles. The third-order valence-electron chi connectivity index (χ3n) is 5.17. The van der Waals surface area contributed by atoms with Crippen LogP contribution in [0.1, 0.15) is 16.7 Å². The normalized spacial score (nSPS) is 15.4. The zero-order chi connectivity index (χ0) is 19.8. The van der Waals surface area contributed by atoms with E-state index in [2.05, 4.69) is 45.4 Å². The van der Waals surface area contributed by atoms with Crippen LogP contribution in [0.5, 0.6) is 5.75 Å². The molecule has 1 aliphatic rings. The average molecular weight is 382 g/mol. The molecule has 1 amide bonds. The van der Waals surface area contributed by atoms with Crippen molar-refractivity contribution < 1.29 is 9.53 Å². The van der Waals surface area contributed by atoms with Crippen molar-refractivity contribution >= 4 is 5.91 Å². The summed E-state index contributed by atoms with van der Waals surface area (Å²) in [5.41, 5.74) is 3.55. The molecule has 3 rings (SSSR count). The smallest absolute Gasteiger partial charge is 0.257 e. The fourth-order valence-electron chi connectivity index (χ4n) is 3.42. The molecule has 0 bridgehead atoms. The topological polar surface area (TPSA) is 44.8 Å². The van der Waals surface area contributed by atoms with E-state index in [-0.39, 0.29) is 12.5 Å². The fraction of sp³-hybridized carbons (Fsp3) is 0.435. The molecule has 0 aromatic heterocycles. The van der Waals surface area contributed by atoms with Gasteiger partial charge in [-0.15, -0.1) is 0 Å². The minimum atomic E-state index is -0.0661. The predicted molar refractivity (Wildman–Crippen MR) is 113 cm³/mol. The van der Waals surface area contributed by atoms with E-state index in [0.717, 1.165) is 56.1 Å². The Kier molecular flexibility index (Phi) is 7.46. The van der Waals surface area contributed by atoms with Crippen molar-refractivity contribution in [1.82, 2.24) is 15.1 Å². The Morgan fingerprint density at radius 3 is 2.46 bits per heavy atom. The summed E-state index contributed by atoms with van der Waals surface area (Å²) in [4.78, 5) is 16.9. The number of ether oxygens (including phenoxy) is 1. The second-order valence-corrected chi connectivity index (χ2v) is 7.51. The molecular formula is C23H31N3O2. The highest BCUT2D eigenvalue weighted by Gasteiger charge is 2.16. The molecule has 5 nitrogen and oxygen atoms in total. The second-order valence-electron chi connectivity index (χ2n) is 7.51. The number of nitrogens with zero attached hydrogens (tertiary/aromatic N) is 2. The first-order valence-corrected chi connectivity index (χ1v) is 10.1. The van der Waals surface area contributed by atoms with Gasteiger partial charge in [0.2, 0.25) is 0 Å². The summed E-state index contributed by atoms with van der Waals surface area (Å²) in [5, 5.41) is 2.97. The molecule has 1 aliphatic heterocycles. The van der Waals surface area contributed by atoms with Crippen LogP contribution in [-0.4, -0.2) is 61.6 Å². The van der Waals surface area contributed by atoms with Crippen LogP contribution in [0.25, 0.3) is 0 Å². The SMILES string of the molecule is Cc1ccc(C)c(OCC(=O)NCCN2CCN(Cc3ccccc3)CC2)c1. The lowest BCUT2D eigenvalue weighted by molar-refractivity contribution is -0.123. The highest BCUT2D eigenvalue weighted by Crippen LogP contribution is 2.18. The largest absolute Gasteiger partial charge is 0.483 e. The van der Waals surface area contributed by atoms with Gasteiger partial charge in [0.15, 0.2) is 6.61 Å². The second kappa shape index (κ2) is 10.2. The molecule has 0 radical (unpaired) electrons. The molecule has 1 N–H and O–H groups in total. The van der Waals surface area contributed by atoms with E-state index in [1.54, 1.807) is 0 Å². The van der Waals surface area contributed by atoms with Gasteiger partial charge < -0.3 is 10.1 Å². The van der Waals surface area contributed by atoms with Crippen LogP contribution in [0.3, 0.4) is 0 Å². The van der Waals surface area contributed by atoms with Crippen LogP contribution in [0.2, 0.25) is 0 Å². The summed E-state index contributed by atoms with van der Waals surface area (Å²) in [6.45, 7) is 10.9. The molecule has 0 aliphatic carbocycles. The van der Waals surface area contributed by atoms with Crippen molar-refractivity contribution in [3.05, 3.63) is 65.2 Å². The predicted octanol–water partition coefficient (Wildman–Crippen LogP) is 2.62. The lowest BCUT2D eigenvalue weighted by Gasteiger charge is -2.34. The standard InChI is InChI=1S/C23H31N3O2/c1-19-8-9-20(2)22(16-19)28-18-23(27)24-10-11-25-12-14-26(15-13-25)17-21-6-4-3-5-7-21/h3-9,16H,10-15,17-18H2,1-2H3,(H,24,27). The van der Waals surface area contributed by atoms with Gasteiger partial charge in [0.25, 0.3) is 5.91 Å². The first-order valence-electron chi connectivity index (χ1n) is 10.1. The summed E-state index contributed by atoms with van der Waals surface area (Å²) in [6, 6.07) is 16.6. The van der Waals surface area contributed by atoms with E-state index in [0.29, 0.717) is 6.54 Å². The van der Waals surface area contributed by atoms with Crippen molar-refractivity contribution in [2.24, 2.45) is 0 Å². The molecule has 5 heteroatoms. The first-order chi connectivity index (χ1) is 13.6. The van der Waals surface area contributed by atoms with Crippen LogP contribution in [-0.2, 0) is 11.3 Å². The Morgan fingerprint density at radius 2 is 1.71 bits per heavy atom. The molecule has 2 aromatic carbocycles. The number of hydrogen-bond acceptors (Lipinski definition) is 4. The number of aryl methyl sites for hydroxylation is 2. The summed E-state index contributed by atoms with van der Waals surface area (Å²) in [5.74, 6) is 0.716. The summed E-state index contributed by atoms with van der Waals surface area (Å²) < 4.78 is 5.66. The van der Waals surface area contributed by atoms with Gasteiger partial charge in [0, 0.05) is 45.8 Å². The number of rotatable bonds is 8. The van der Waals surface area contributed by atoms with Gasteiger partial charge in [0.05, 0.1) is 0 Å². The van der Waals surface area contributed by atoms with Crippen LogP contribution in [0, 0.1) is 13.8 Å². The van der Waals surface area contributed by atoms with Gasteiger partial charge in [-0.3, -0.25) is 14.6 Å². The third kappa shape index (κ3) is 6.36. The molecule has 0 atom stereocenters. The number of carbonyl (C=O) groups excluding carboxylic acids is 1. The molecule has 0 spiro atoms. The number of carbonyl (C=O) groups is 1. The maximum absolute atomic E-state index is 12.0. The van der Waals surface area contributed by atoms with Crippen LogP contribution in [0.15, 0.2) is 48.5 Å². The first kappa shape index (κ1) is 20.4. The number of amides is 1. The molecule has 28 heavy (non-hydrogen) atoms. The van der Waals surface area contributed by atoms with E-state index >= 15 is 0 Å². The molecule has 2 aromatic rings. The average Bonchev–Trinajstić information content (AvgIpc) is 2.71. The molecule has 1 heterocycles. The Balaban J connectivity index is 1.30. The Hall–Kier alpha value is -2.37. The maximum Gasteiger partial charge on any atom is 0.257 e. The molecule has 150 valence electrons. The highest BCUT2D eigenvalue weighted by molar-refractivity contribution is 5.77. The number of piperazine rings is 1. The van der Waals surface area contributed by atoms with Crippen LogP contribution < -0.4 is 10.1 Å². The number of benzene rings is 2. The zero-order valence-electron chi connectivity index (χ0n) is 17.0. The summed E-state index contributed by atoms with van der Waals surface area (Å²) in [6.07, 6.45) is 0. The van der Waals surface area contributed by atoms with Gasteiger partial charge in [-0.1, -0.05) is 42.5 Å². The zero-order valence-corrected chi connectivity index (χ0v) is 17.0. The lowest BCUT2D eigenvalue weighted by Crippen LogP contribution is -2.48. The van der Waals surface area contributed by atoms with Crippen molar-refractivity contribution in [3.63, 3.8) is 0 Å². The van der Waals surface area contributed by atoms with Crippen LogP contribution >= 0.6 is 0 Å². The van der Waals surface area contributed by atoms with E-state index < -0.39 is 0 Å². The van der Waals surface area contributed by atoms with Gasteiger partial charge in [-0.05, 0) is 36.6 Å². The van der Waals surface area contributed by atoms with Crippen molar-refractivity contribution in [3.8, 4) is 5.75 Å². The summed E-state index contributed by atoms with van der Waals surface area (Å²) >= 11 is 0. The molecule has 1 fully saturated rings. The number of hydrogen-bond donors (Lipinski definition) is 1. The Labute approximate surface area is 168 Å². The highest BCUT2D eigenvalue weighted by atomic mass is 16.5. The number of nitrogens with one attached hydrogen (secondary N) is 1. The van der Waals surface area contributed by atoms with Crippen molar-refractivity contribution in [2.45, 2.75) is 20.4 Å². The fourth-order valence-corrected chi connectivity index (χ4v) is 3.42. The van der Waals surface area contributed by atoms with Gasteiger partial charge in [-0.25, -0.2) is 0 Å². The summed E-state index contributed by atoms with van der Waals surface area (Å²) in [7, 11) is 0. The van der Waals surface area contributed by atoms with E-state index in [4.69, 9.17) is 4.74 Å². The lowest BCUT2D eigenvalue weighted by atomic mass is 10.1. The Morgan fingerprint density at radius 1 is 1.00 bits per heavy atom. The quantitative estimate of drug-likeness (QED) is 0.764. The van der Waals surface area contributed by atoms with Crippen molar-refractivity contribution in [2.75, 3.05) is 45.9 Å². The minimum absolute atomic E-state index is 0.0646. The monoisotopic (exact) mass is 381 g/mol. The van der Waals surface area contributed by atoms with E-state index in [1.165, 1.54) is 5.56 Å². The van der Waals surface area contributed by atoms with Gasteiger partial charge in [-0.2, -0.15) is 0 Å². The molecule has 0 saturated carbocycles. The van der Waals surface area contributed by atoms with Crippen molar-refractivity contribution in [1.29, 1.82) is 0 Å². The van der Waals surface area contributed by atoms with Gasteiger partial charge >= 0.3 is 0 Å². The van der Waals surface area contributed by atoms with Gasteiger partial charge in [0.1, 0.15) is 5.75 Å². The van der Waals surface area contributed by atoms with E-state index in [9.17, 15) is 4.79 Å². The van der Waals surface area contributed by atoms with E-state index in [1.807, 2.05) is 32.0 Å². The minimum Gasteiger partial charge on any atom is -0.483 e.